The van der Waals surface area contributed by atoms with Crippen molar-refractivity contribution < 1.29 is 39.9 Å². The maximum atomic E-state index is 14.8. The van der Waals surface area contributed by atoms with Gasteiger partial charge in [-0.1, -0.05) is 31.2 Å². The molecule has 3 rings (SSSR count). The molecule has 1 N–H and O–H groups in total. The van der Waals surface area contributed by atoms with Gasteiger partial charge >= 0.3 is 6.36 Å². The van der Waals surface area contributed by atoms with Crippen LogP contribution in [0, 0.1) is 11.6 Å². The molecule has 35 heavy (non-hydrogen) atoms. The second-order valence-corrected chi connectivity index (χ2v) is 10.1. The zero-order valence-corrected chi connectivity index (χ0v) is 19.5. The molecule has 1 amide bonds. The van der Waals surface area contributed by atoms with E-state index in [0.717, 1.165) is 18.2 Å². The van der Waals surface area contributed by atoms with Gasteiger partial charge in [0.05, 0.1) is 22.5 Å². The molecule has 188 valence electrons. The van der Waals surface area contributed by atoms with Crippen molar-refractivity contribution in [3.05, 3.63) is 83.1 Å². The number of carbonyl (C=O) groups is 1. The van der Waals surface area contributed by atoms with Crippen molar-refractivity contribution in [3.8, 4) is 0 Å². The first-order chi connectivity index (χ1) is 16.3. The first kappa shape index (κ1) is 26.4. The van der Waals surface area contributed by atoms with E-state index in [1.54, 1.807) is 0 Å². The number of allylic oxidation sites excluding steroid dienone is 4. The number of sulfone groups is 1. The van der Waals surface area contributed by atoms with Crippen LogP contribution >= 0.6 is 0 Å². The summed E-state index contributed by atoms with van der Waals surface area (Å²) in [4.78, 5) is 12.7. The molecule has 11 heteroatoms. The summed E-state index contributed by atoms with van der Waals surface area (Å²) in [6, 6.07) is 7.34. The molecular weight excluding hydrogens is 493 g/mol. The Morgan fingerprint density at radius 1 is 1.14 bits per heavy atom. The summed E-state index contributed by atoms with van der Waals surface area (Å²) in [6.45, 7) is 3.04. The minimum absolute atomic E-state index is 0.0771. The van der Waals surface area contributed by atoms with Gasteiger partial charge in [-0.3, -0.25) is 4.79 Å². The number of amides is 1. The van der Waals surface area contributed by atoms with Crippen LogP contribution in [0.25, 0.3) is 0 Å². The molecule has 0 aliphatic heterocycles. The van der Waals surface area contributed by atoms with E-state index in [2.05, 4.69) is 10.1 Å². The van der Waals surface area contributed by atoms with Gasteiger partial charge in [-0.15, -0.1) is 13.2 Å². The molecule has 0 bridgehead atoms. The lowest BCUT2D eigenvalue weighted by Gasteiger charge is -2.24. The van der Waals surface area contributed by atoms with Gasteiger partial charge in [0.25, 0.3) is 0 Å². The van der Waals surface area contributed by atoms with Gasteiger partial charge in [0.1, 0.15) is 17.4 Å². The third kappa shape index (κ3) is 6.27. The van der Waals surface area contributed by atoms with E-state index in [-0.39, 0.29) is 22.8 Å². The number of hydrogen-bond acceptors (Lipinski definition) is 4. The molecule has 1 aliphatic rings. The highest BCUT2D eigenvalue weighted by Crippen LogP contribution is 2.39. The van der Waals surface area contributed by atoms with E-state index in [1.807, 2.05) is 0 Å². The molecule has 2 aromatic rings. The fourth-order valence-corrected chi connectivity index (χ4v) is 4.51. The molecule has 0 heterocycles. The van der Waals surface area contributed by atoms with E-state index in [1.165, 1.54) is 50.3 Å². The number of ether oxygens (including phenoxy) is 1. The molecule has 0 saturated carbocycles. The highest BCUT2D eigenvalue weighted by Gasteiger charge is 2.37. The van der Waals surface area contributed by atoms with Crippen LogP contribution in [0.1, 0.15) is 43.2 Å². The van der Waals surface area contributed by atoms with Crippen LogP contribution in [-0.4, -0.2) is 26.4 Å². The molecule has 2 unspecified atom stereocenters. The van der Waals surface area contributed by atoms with Crippen molar-refractivity contribution in [2.24, 2.45) is 0 Å². The summed E-state index contributed by atoms with van der Waals surface area (Å²) >= 11 is 0. The van der Waals surface area contributed by atoms with Crippen molar-refractivity contribution >= 4 is 21.4 Å². The largest absolute Gasteiger partial charge is 0.572 e. The van der Waals surface area contributed by atoms with Crippen LogP contribution in [0.2, 0.25) is 0 Å². The zero-order chi connectivity index (χ0) is 26.0. The average Bonchev–Trinajstić information content (AvgIpc) is 2.78. The lowest BCUT2D eigenvalue weighted by atomic mass is 9.89. The first-order valence-corrected chi connectivity index (χ1v) is 12.2. The number of benzene rings is 2. The van der Waals surface area contributed by atoms with E-state index < -0.39 is 56.9 Å². The average molecular weight is 516 g/mol. The van der Waals surface area contributed by atoms with Crippen LogP contribution in [0.5, 0.6) is 0 Å². The van der Waals surface area contributed by atoms with Crippen molar-refractivity contribution in [1.29, 1.82) is 0 Å². The fourth-order valence-electron chi connectivity index (χ4n) is 3.63. The molecule has 2 aromatic carbocycles. The van der Waals surface area contributed by atoms with Crippen molar-refractivity contribution in [2.45, 2.75) is 43.4 Å². The van der Waals surface area contributed by atoms with Gasteiger partial charge in [-0.05, 0) is 49.2 Å². The summed E-state index contributed by atoms with van der Waals surface area (Å²) in [7, 11) is -3.41. The predicted octanol–water partition coefficient (Wildman–Crippen LogP) is 5.96. The van der Waals surface area contributed by atoms with E-state index in [4.69, 9.17) is 0 Å². The number of hydrogen-bond donors (Lipinski definition) is 1. The lowest BCUT2D eigenvalue weighted by molar-refractivity contribution is -0.307. The van der Waals surface area contributed by atoms with Crippen molar-refractivity contribution in [3.63, 3.8) is 0 Å². The fraction of sp³-hybridized carbons (Fsp3) is 0.292. The zero-order valence-electron chi connectivity index (χ0n) is 18.7. The summed E-state index contributed by atoms with van der Waals surface area (Å²) in [5, 5.41) is 2.38. The van der Waals surface area contributed by atoms with Crippen LogP contribution in [0.3, 0.4) is 0 Å². The minimum atomic E-state index is -5.02. The standard InChI is InChI=1S/C24H22F5NO4S/c1-3-35(32,33)17-10-8-15(9-11-17)14(2)23(31)30-16-12-19(25)22(20(26)13-16)18-6-4-5-7-21(18)34-24(27,28)29/h4-5,7-14,18H,3,6H2,1-2H3,(H,30,31). The van der Waals surface area contributed by atoms with E-state index >= 15 is 0 Å². The maximum Gasteiger partial charge on any atom is 0.572 e. The van der Waals surface area contributed by atoms with Crippen molar-refractivity contribution in [1.82, 2.24) is 0 Å². The van der Waals surface area contributed by atoms with Crippen LogP contribution in [-0.2, 0) is 19.4 Å². The maximum absolute atomic E-state index is 14.8. The quantitative estimate of drug-likeness (QED) is 0.462. The summed E-state index contributed by atoms with van der Waals surface area (Å²) in [5.74, 6) is -5.74. The van der Waals surface area contributed by atoms with E-state index in [0.29, 0.717) is 5.56 Å². The van der Waals surface area contributed by atoms with Gasteiger partial charge in [0, 0.05) is 11.3 Å². The number of anilines is 1. The van der Waals surface area contributed by atoms with E-state index in [9.17, 15) is 35.2 Å². The molecule has 1 aliphatic carbocycles. The van der Waals surface area contributed by atoms with Gasteiger partial charge in [0.2, 0.25) is 5.91 Å². The highest BCUT2D eigenvalue weighted by molar-refractivity contribution is 7.91. The number of carbonyl (C=O) groups excluding carboxylic acids is 1. The Bertz CT molecular complexity index is 1240. The second kappa shape index (κ2) is 10.2. The first-order valence-electron chi connectivity index (χ1n) is 10.6. The third-order valence-electron chi connectivity index (χ3n) is 5.55. The number of halogens is 5. The molecule has 0 fully saturated rings. The number of nitrogens with one attached hydrogen (secondary N) is 1. The third-order valence-corrected chi connectivity index (χ3v) is 7.30. The highest BCUT2D eigenvalue weighted by atomic mass is 32.2. The molecular formula is C24H22F5NO4S. The SMILES string of the molecule is CCS(=O)(=O)c1ccc(C(C)C(=O)Nc2cc(F)c(C3CC=CC=C3OC(F)(F)F)c(F)c2)cc1. The predicted molar refractivity (Wildman–Crippen MR) is 119 cm³/mol. The Labute approximate surface area is 199 Å². The second-order valence-electron chi connectivity index (χ2n) is 7.87. The number of alkyl halides is 3. The van der Waals surface area contributed by atoms with Gasteiger partial charge < -0.3 is 10.1 Å². The molecule has 0 radical (unpaired) electrons. The Morgan fingerprint density at radius 2 is 1.74 bits per heavy atom. The van der Waals surface area contributed by atoms with Gasteiger partial charge in [-0.2, -0.15) is 0 Å². The molecule has 0 aromatic heterocycles. The lowest BCUT2D eigenvalue weighted by Crippen LogP contribution is -2.21. The Morgan fingerprint density at radius 3 is 2.29 bits per heavy atom. The monoisotopic (exact) mass is 515 g/mol. The summed E-state index contributed by atoms with van der Waals surface area (Å²) in [6.07, 6.45) is -1.38. The Kier molecular flexibility index (Phi) is 7.68. The summed E-state index contributed by atoms with van der Waals surface area (Å²) < 4.78 is 95.6. The Hall–Kier alpha value is -3.21. The van der Waals surface area contributed by atoms with Crippen molar-refractivity contribution in [2.75, 3.05) is 11.1 Å². The molecule has 0 saturated heterocycles. The summed E-state index contributed by atoms with van der Waals surface area (Å²) in [5.41, 5.74) is -0.355. The molecule has 2 atom stereocenters. The molecule has 0 spiro atoms. The van der Waals surface area contributed by atoms with Crippen LogP contribution in [0.15, 0.2) is 65.3 Å². The minimum Gasteiger partial charge on any atom is -0.410 e. The van der Waals surface area contributed by atoms with Crippen LogP contribution < -0.4 is 5.32 Å². The van der Waals surface area contributed by atoms with Crippen LogP contribution in [0.4, 0.5) is 27.6 Å². The topological polar surface area (TPSA) is 72.5 Å². The normalized spacial score (nSPS) is 17.0. The Balaban J connectivity index is 1.79. The van der Waals surface area contributed by atoms with Gasteiger partial charge in [-0.25, -0.2) is 17.2 Å². The van der Waals surface area contributed by atoms with Gasteiger partial charge in [0.15, 0.2) is 9.84 Å². The smallest absolute Gasteiger partial charge is 0.410 e. The number of rotatable bonds is 7. The molecule has 5 nitrogen and oxygen atoms in total.